The topological polar surface area (TPSA) is 41.1 Å². The van der Waals surface area contributed by atoms with Gasteiger partial charge in [0.15, 0.2) is 0 Å². The van der Waals surface area contributed by atoms with Crippen LogP contribution in [0.25, 0.3) is 0 Å². The second kappa shape index (κ2) is 7.01. The molecule has 0 bridgehead atoms. The molecular formula is C16H22N4. The summed E-state index contributed by atoms with van der Waals surface area (Å²) in [5, 5.41) is 3.37. The Kier molecular flexibility index (Phi) is 5.07. The lowest BCUT2D eigenvalue weighted by molar-refractivity contribution is 0.720. The van der Waals surface area contributed by atoms with Crippen LogP contribution in [0.2, 0.25) is 0 Å². The van der Waals surface area contributed by atoms with Crippen LogP contribution in [-0.4, -0.2) is 23.6 Å². The van der Waals surface area contributed by atoms with Gasteiger partial charge in [0, 0.05) is 55.7 Å². The quantitative estimate of drug-likeness (QED) is 0.876. The summed E-state index contributed by atoms with van der Waals surface area (Å²) in [6.07, 6.45) is 5.64. The number of pyridine rings is 2. The van der Waals surface area contributed by atoms with Crippen LogP contribution in [0.15, 0.2) is 36.8 Å². The van der Waals surface area contributed by atoms with Gasteiger partial charge >= 0.3 is 0 Å². The lowest BCUT2D eigenvalue weighted by atomic mass is 10.1. The zero-order valence-electron chi connectivity index (χ0n) is 12.4. The highest BCUT2D eigenvalue weighted by molar-refractivity contribution is 5.53. The molecule has 4 heteroatoms. The van der Waals surface area contributed by atoms with E-state index in [2.05, 4.69) is 52.4 Å². The zero-order chi connectivity index (χ0) is 14.4. The van der Waals surface area contributed by atoms with E-state index in [4.69, 9.17) is 0 Å². The monoisotopic (exact) mass is 270 g/mol. The Morgan fingerprint density at radius 3 is 2.70 bits per heavy atom. The normalized spacial score (nSPS) is 10.6. The van der Waals surface area contributed by atoms with Crippen molar-refractivity contribution in [2.75, 3.05) is 18.5 Å². The number of aromatic nitrogens is 2. The molecule has 0 radical (unpaired) electrons. The van der Waals surface area contributed by atoms with E-state index in [1.54, 1.807) is 0 Å². The molecule has 0 aliphatic rings. The highest BCUT2D eigenvalue weighted by Crippen LogP contribution is 2.21. The summed E-state index contributed by atoms with van der Waals surface area (Å²) in [4.78, 5) is 10.7. The fourth-order valence-corrected chi connectivity index (χ4v) is 2.17. The van der Waals surface area contributed by atoms with Crippen LogP contribution < -0.4 is 10.2 Å². The Balaban J connectivity index is 2.19. The summed E-state index contributed by atoms with van der Waals surface area (Å²) < 4.78 is 0. The Bertz CT molecular complexity index is 539. The molecule has 4 nitrogen and oxygen atoms in total. The standard InChI is InChI=1S/C16H22N4/c1-4-17-10-15-11-19-13(2)9-16(15)20(3)12-14-5-7-18-8-6-14/h5-9,11,17H,4,10,12H2,1-3H3. The fourth-order valence-electron chi connectivity index (χ4n) is 2.17. The first kappa shape index (κ1) is 14.5. The molecule has 106 valence electrons. The third kappa shape index (κ3) is 3.78. The second-order valence-electron chi connectivity index (χ2n) is 4.95. The van der Waals surface area contributed by atoms with E-state index >= 15 is 0 Å². The molecular weight excluding hydrogens is 248 g/mol. The smallest absolute Gasteiger partial charge is 0.0445 e. The molecule has 0 spiro atoms. The van der Waals surface area contributed by atoms with Gasteiger partial charge in [0.2, 0.25) is 0 Å². The largest absolute Gasteiger partial charge is 0.370 e. The number of hydrogen-bond acceptors (Lipinski definition) is 4. The molecule has 0 amide bonds. The van der Waals surface area contributed by atoms with Gasteiger partial charge in [-0.3, -0.25) is 9.97 Å². The van der Waals surface area contributed by atoms with Crippen molar-refractivity contribution >= 4 is 5.69 Å². The SMILES string of the molecule is CCNCc1cnc(C)cc1N(C)Cc1ccncc1. The maximum atomic E-state index is 4.41. The maximum absolute atomic E-state index is 4.41. The Morgan fingerprint density at radius 2 is 2.00 bits per heavy atom. The van der Waals surface area contributed by atoms with Crippen LogP contribution in [0.4, 0.5) is 5.69 Å². The van der Waals surface area contributed by atoms with Crippen molar-refractivity contribution in [1.29, 1.82) is 0 Å². The molecule has 2 rings (SSSR count). The molecule has 0 unspecified atom stereocenters. The van der Waals surface area contributed by atoms with Gasteiger partial charge in [-0.15, -0.1) is 0 Å². The molecule has 0 atom stereocenters. The minimum atomic E-state index is 0.847. The first-order valence-electron chi connectivity index (χ1n) is 6.97. The summed E-state index contributed by atoms with van der Waals surface area (Å²) >= 11 is 0. The number of nitrogens with one attached hydrogen (secondary N) is 1. The Morgan fingerprint density at radius 1 is 1.25 bits per heavy atom. The highest BCUT2D eigenvalue weighted by Gasteiger charge is 2.09. The summed E-state index contributed by atoms with van der Waals surface area (Å²) in [6.45, 7) is 6.81. The maximum Gasteiger partial charge on any atom is 0.0445 e. The van der Waals surface area contributed by atoms with Crippen LogP contribution in [0, 0.1) is 6.92 Å². The number of nitrogens with zero attached hydrogens (tertiary/aromatic N) is 3. The van der Waals surface area contributed by atoms with Gasteiger partial charge in [-0.1, -0.05) is 6.92 Å². The predicted octanol–water partition coefficient (Wildman–Crippen LogP) is 2.53. The molecule has 1 N–H and O–H groups in total. The first-order chi connectivity index (χ1) is 9.70. The Hall–Kier alpha value is -1.94. The first-order valence-corrected chi connectivity index (χ1v) is 6.97. The van der Waals surface area contributed by atoms with Crippen molar-refractivity contribution in [3.63, 3.8) is 0 Å². The van der Waals surface area contributed by atoms with E-state index in [0.717, 1.165) is 25.3 Å². The minimum absolute atomic E-state index is 0.847. The summed E-state index contributed by atoms with van der Waals surface area (Å²) in [7, 11) is 2.12. The molecule has 0 saturated heterocycles. The third-order valence-electron chi connectivity index (χ3n) is 3.24. The van der Waals surface area contributed by atoms with Crippen molar-refractivity contribution in [1.82, 2.24) is 15.3 Å². The highest BCUT2D eigenvalue weighted by atomic mass is 15.1. The van der Waals surface area contributed by atoms with E-state index in [-0.39, 0.29) is 0 Å². The molecule has 2 aromatic heterocycles. The van der Waals surface area contributed by atoms with E-state index in [9.17, 15) is 0 Å². The lowest BCUT2D eigenvalue weighted by Crippen LogP contribution is -2.21. The van der Waals surface area contributed by atoms with E-state index in [1.165, 1.54) is 16.8 Å². The Labute approximate surface area is 120 Å². The predicted molar refractivity (Wildman–Crippen MR) is 82.7 cm³/mol. The molecule has 2 heterocycles. The lowest BCUT2D eigenvalue weighted by Gasteiger charge is -2.23. The van der Waals surface area contributed by atoms with Crippen molar-refractivity contribution in [2.24, 2.45) is 0 Å². The molecule has 2 aromatic rings. The zero-order valence-corrected chi connectivity index (χ0v) is 12.4. The van der Waals surface area contributed by atoms with Gasteiger partial charge in [0.25, 0.3) is 0 Å². The van der Waals surface area contributed by atoms with Crippen LogP contribution in [0.5, 0.6) is 0 Å². The molecule has 0 aliphatic carbocycles. The van der Waals surface area contributed by atoms with Crippen LogP contribution >= 0.6 is 0 Å². The second-order valence-corrected chi connectivity index (χ2v) is 4.95. The molecule has 0 aromatic carbocycles. The van der Waals surface area contributed by atoms with E-state index in [0.29, 0.717) is 0 Å². The molecule has 0 aliphatic heterocycles. The molecule has 0 saturated carbocycles. The summed E-state index contributed by atoms with van der Waals surface area (Å²) in [5.74, 6) is 0. The third-order valence-corrected chi connectivity index (χ3v) is 3.24. The number of aryl methyl sites for hydroxylation is 1. The van der Waals surface area contributed by atoms with Gasteiger partial charge < -0.3 is 10.2 Å². The van der Waals surface area contributed by atoms with Crippen LogP contribution in [0.1, 0.15) is 23.7 Å². The summed E-state index contributed by atoms with van der Waals surface area (Å²) in [5.41, 5.74) is 4.76. The fraction of sp³-hybridized carbons (Fsp3) is 0.375. The average Bonchev–Trinajstić information content (AvgIpc) is 2.47. The van der Waals surface area contributed by atoms with Crippen LogP contribution in [0.3, 0.4) is 0 Å². The number of rotatable bonds is 6. The van der Waals surface area contributed by atoms with Gasteiger partial charge in [0.1, 0.15) is 0 Å². The van der Waals surface area contributed by atoms with Gasteiger partial charge in [-0.2, -0.15) is 0 Å². The van der Waals surface area contributed by atoms with Gasteiger partial charge in [-0.05, 0) is 37.2 Å². The summed E-state index contributed by atoms with van der Waals surface area (Å²) in [6, 6.07) is 6.25. The van der Waals surface area contributed by atoms with E-state index in [1.807, 2.05) is 25.5 Å². The van der Waals surface area contributed by atoms with Gasteiger partial charge in [0.05, 0.1) is 0 Å². The van der Waals surface area contributed by atoms with Crippen molar-refractivity contribution in [3.05, 3.63) is 53.6 Å². The number of anilines is 1. The minimum Gasteiger partial charge on any atom is -0.370 e. The molecule has 0 fully saturated rings. The van der Waals surface area contributed by atoms with Crippen molar-refractivity contribution in [3.8, 4) is 0 Å². The van der Waals surface area contributed by atoms with Crippen molar-refractivity contribution < 1.29 is 0 Å². The van der Waals surface area contributed by atoms with Crippen molar-refractivity contribution in [2.45, 2.75) is 26.9 Å². The average molecular weight is 270 g/mol. The number of hydrogen-bond donors (Lipinski definition) is 1. The van der Waals surface area contributed by atoms with Gasteiger partial charge in [-0.25, -0.2) is 0 Å². The van der Waals surface area contributed by atoms with Crippen LogP contribution in [-0.2, 0) is 13.1 Å². The van der Waals surface area contributed by atoms with E-state index < -0.39 is 0 Å². The molecule has 20 heavy (non-hydrogen) atoms.